The quantitative estimate of drug-likeness (QED) is 0.595. The number of amides is 2. The predicted octanol–water partition coefficient (Wildman–Crippen LogP) is 5.02. The van der Waals surface area contributed by atoms with Crippen molar-refractivity contribution in [1.82, 2.24) is 0 Å². The maximum Gasteiger partial charge on any atom is 0.573 e. The second kappa shape index (κ2) is 9.13. The van der Waals surface area contributed by atoms with Gasteiger partial charge in [-0.25, -0.2) is 0 Å². The zero-order valence-corrected chi connectivity index (χ0v) is 15.6. The van der Waals surface area contributed by atoms with E-state index in [1.54, 1.807) is 54.6 Å². The summed E-state index contributed by atoms with van der Waals surface area (Å²) in [6.45, 7) is 0. The van der Waals surface area contributed by atoms with Gasteiger partial charge in [-0.05, 0) is 42.0 Å². The molecule has 0 atom stereocenters. The fourth-order valence-electron chi connectivity index (χ4n) is 2.67. The van der Waals surface area contributed by atoms with Gasteiger partial charge in [0.15, 0.2) is 0 Å². The smallest absolute Gasteiger partial charge is 0.406 e. The minimum atomic E-state index is -4.77. The van der Waals surface area contributed by atoms with Crippen LogP contribution in [0.5, 0.6) is 5.75 Å². The van der Waals surface area contributed by atoms with E-state index in [2.05, 4.69) is 15.4 Å². The number of carbonyl (C=O) groups is 2. The van der Waals surface area contributed by atoms with Crippen molar-refractivity contribution in [3.8, 4) is 5.75 Å². The van der Waals surface area contributed by atoms with Gasteiger partial charge < -0.3 is 15.4 Å². The van der Waals surface area contributed by atoms with Crippen molar-refractivity contribution < 1.29 is 27.5 Å². The SMILES string of the molecule is O=C(Cc1ccc(OC(F)(F)F)cc1)Nc1ccccc1NC(=O)c1ccccc1. The van der Waals surface area contributed by atoms with Gasteiger partial charge in [-0.2, -0.15) is 0 Å². The van der Waals surface area contributed by atoms with E-state index in [0.29, 0.717) is 22.5 Å². The third-order valence-electron chi connectivity index (χ3n) is 4.01. The van der Waals surface area contributed by atoms with Crippen LogP contribution in [0.1, 0.15) is 15.9 Å². The molecule has 3 rings (SSSR count). The fraction of sp³-hybridized carbons (Fsp3) is 0.0909. The van der Waals surface area contributed by atoms with Crippen LogP contribution in [0, 0.1) is 0 Å². The molecule has 0 radical (unpaired) electrons. The fourth-order valence-corrected chi connectivity index (χ4v) is 2.67. The molecule has 0 saturated heterocycles. The van der Waals surface area contributed by atoms with Gasteiger partial charge >= 0.3 is 6.36 Å². The number of halogens is 3. The van der Waals surface area contributed by atoms with Crippen LogP contribution in [0.2, 0.25) is 0 Å². The first-order valence-corrected chi connectivity index (χ1v) is 8.90. The van der Waals surface area contributed by atoms with E-state index in [4.69, 9.17) is 0 Å². The number of nitrogens with one attached hydrogen (secondary N) is 2. The van der Waals surface area contributed by atoms with E-state index in [9.17, 15) is 22.8 Å². The Morgan fingerprint density at radius 2 is 1.33 bits per heavy atom. The molecule has 2 amide bonds. The minimum Gasteiger partial charge on any atom is -0.406 e. The monoisotopic (exact) mass is 414 g/mol. The minimum absolute atomic E-state index is 0.0622. The van der Waals surface area contributed by atoms with Crippen molar-refractivity contribution in [2.75, 3.05) is 10.6 Å². The Morgan fingerprint density at radius 1 is 0.767 bits per heavy atom. The molecule has 0 aliphatic heterocycles. The number of para-hydroxylation sites is 2. The second-order valence-corrected chi connectivity index (χ2v) is 6.28. The van der Waals surface area contributed by atoms with Crippen LogP contribution >= 0.6 is 0 Å². The van der Waals surface area contributed by atoms with Crippen molar-refractivity contribution >= 4 is 23.2 Å². The lowest BCUT2D eigenvalue weighted by Crippen LogP contribution is -2.18. The summed E-state index contributed by atoms with van der Waals surface area (Å²) >= 11 is 0. The van der Waals surface area contributed by atoms with E-state index in [1.807, 2.05) is 0 Å². The predicted molar refractivity (Wildman–Crippen MR) is 106 cm³/mol. The van der Waals surface area contributed by atoms with Crippen LogP contribution in [0.4, 0.5) is 24.5 Å². The molecule has 5 nitrogen and oxygen atoms in total. The molecule has 0 saturated carbocycles. The van der Waals surface area contributed by atoms with Gasteiger partial charge in [0.2, 0.25) is 5.91 Å². The molecule has 0 unspecified atom stereocenters. The number of carbonyl (C=O) groups excluding carboxylic acids is 2. The summed E-state index contributed by atoms with van der Waals surface area (Å²) in [6.07, 6.45) is -4.83. The number of rotatable bonds is 6. The third-order valence-corrected chi connectivity index (χ3v) is 4.01. The van der Waals surface area contributed by atoms with Crippen molar-refractivity contribution in [3.63, 3.8) is 0 Å². The summed E-state index contributed by atoms with van der Waals surface area (Å²) < 4.78 is 40.4. The standard InChI is InChI=1S/C22H17F3N2O3/c23-22(24,25)30-17-12-10-15(11-13-17)14-20(28)26-18-8-4-5-9-19(18)27-21(29)16-6-2-1-3-7-16/h1-13H,14H2,(H,26,28)(H,27,29). The van der Waals surface area contributed by atoms with Crippen molar-refractivity contribution in [2.45, 2.75) is 12.8 Å². The van der Waals surface area contributed by atoms with Gasteiger partial charge in [0.1, 0.15) is 5.75 Å². The van der Waals surface area contributed by atoms with E-state index < -0.39 is 6.36 Å². The first kappa shape index (κ1) is 20.9. The maximum atomic E-state index is 12.4. The molecule has 3 aromatic rings. The highest BCUT2D eigenvalue weighted by atomic mass is 19.4. The Bertz CT molecular complexity index is 1020. The largest absolute Gasteiger partial charge is 0.573 e. The van der Waals surface area contributed by atoms with Crippen LogP contribution in [-0.4, -0.2) is 18.2 Å². The molecular formula is C22H17F3N2O3. The Kier molecular flexibility index (Phi) is 6.36. The van der Waals surface area contributed by atoms with E-state index in [1.165, 1.54) is 12.1 Å². The highest BCUT2D eigenvalue weighted by Gasteiger charge is 2.30. The summed E-state index contributed by atoms with van der Waals surface area (Å²) in [4.78, 5) is 24.7. The van der Waals surface area contributed by atoms with E-state index in [-0.39, 0.29) is 24.0 Å². The zero-order valence-electron chi connectivity index (χ0n) is 15.6. The Morgan fingerprint density at radius 3 is 1.93 bits per heavy atom. The van der Waals surface area contributed by atoms with Gasteiger partial charge in [-0.15, -0.1) is 13.2 Å². The summed E-state index contributed by atoms with van der Waals surface area (Å²) in [5.74, 6) is -1.07. The zero-order chi connectivity index (χ0) is 21.6. The van der Waals surface area contributed by atoms with Gasteiger partial charge in [-0.1, -0.05) is 42.5 Å². The molecular weight excluding hydrogens is 397 g/mol. The number of anilines is 2. The summed E-state index contributed by atoms with van der Waals surface area (Å²) in [5, 5.41) is 5.45. The Labute approximate surface area is 170 Å². The van der Waals surface area contributed by atoms with Crippen LogP contribution in [0.25, 0.3) is 0 Å². The average molecular weight is 414 g/mol. The van der Waals surface area contributed by atoms with Crippen molar-refractivity contribution in [2.24, 2.45) is 0 Å². The molecule has 3 aromatic carbocycles. The van der Waals surface area contributed by atoms with Gasteiger partial charge in [-0.3, -0.25) is 9.59 Å². The summed E-state index contributed by atoms with van der Waals surface area (Å²) in [5.41, 5.74) is 1.81. The highest BCUT2D eigenvalue weighted by Crippen LogP contribution is 2.24. The molecule has 0 aliphatic rings. The number of hydrogen-bond donors (Lipinski definition) is 2. The van der Waals surface area contributed by atoms with Crippen LogP contribution in [0.3, 0.4) is 0 Å². The molecule has 0 aromatic heterocycles. The molecule has 0 aliphatic carbocycles. The summed E-state index contributed by atoms with van der Waals surface area (Å²) in [6, 6.07) is 20.4. The molecule has 8 heteroatoms. The molecule has 0 fully saturated rings. The van der Waals surface area contributed by atoms with Crippen molar-refractivity contribution in [3.05, 3.63) is 90.0 Å². The number of hydrogen-bond acceptors (Lipinski definition) is 3. The number of alkyl halides is 3. The first-order valence-electron chi connectivity index (χ1n) is 8.90. The highest BCUT2D eigenvalue weighted by molar-refractivity contribution is 6.07. The lowest BCUT2D eigenvalue weighted by molar-refractivity contribution is -0.274. The Balaban J connectivity index is 1.64. The molecule has 154 valence electrons. The van der Waals surface area contributed by atoms with Crippen LogP contribution < -0.4 is 15.4 Å². The van der Waals surface area contributed by atoms with E-state index in [0.717, 1.165) is 12.1 Å². The lowest BCUT2D eigenvalue weighted by atomic mass is 10.1. The van der Waals surface area contributed by atoms with Gasteiger partial charge in [0, 0.05) is 5.56 Å². The molecule has 2 N–H and O–H groups in total. The molecule has 30 heavy (non-hydrogen) atoms. The lowest BCUT2D eigenvalue weighted by Gasteiger charge is -2.13. The first-order chi connectivity index (χ1) is 14.3. The summed E-state index contributed by atoms with van der Waals surface area (Å²) in [7, 11) is 0. The van der Waals surface area contributed by atoms with Gasteiger partial charge in [0.05, 0.1) is 17.8 Å². The topological polar surface area (TPSA) is 67.4 Å². The van der Waals surface area contributed by atoms with E-state index >= 15 is 0 Å². The van der Waals surface area contributed by atoms with Crippen LogP contribution in [0.15, 0.2) is 78.9 Å². The Hall–Kier alpha value is -3.81. The normalized spacial score (nSPS) is 10.9. The molecule has 0 heterocycles. The molecule has 0 bridgehead atoms. The van der Waals surface area contributed by atoms with Gasteiger partial charge in [0.25, 0.3) is 5.91 Å². The molecule has 0 spiro atoms. The number of ether oxygens (including phenoxy) is 1. The third kappa shape index (κ3) is 6.10. The van der Waals surface area contributed by atoms with Crippen molar-refractivity contribution in [1.29, 1.82) is 0 Å². The maximum absolute atomic E-state index is 12.4. The number of benzene rings is 3. The second-order valence-electron chi connectivity index (χ2n) is 6.28. The average Bonchev–Trinajstić information content (AvgIpc) is 2.70. The van der Waals surface area contributed by atoms with Crippen LogP contribution in [-0.2, 0) is 11.2 Å².